The second-order valence-corrected chi connectivity index (χ2v) is 8.14. The van der Waals surface area contributed by atoms with Gasteiger partial charge in [-0.3, -0.25) is 14.4 Å². The van der Waals surface area contributed by atoms with Crippen LogP contribution in [0.3, 0.4) is 0 Å². The van der Waals surface area contributed by atoms with Crippen molar-refractivity contribution >= 4 is 11.8 Å². The van der Waals surface area contributed by atoms with Crippen LogP contribution in [0.5, 0.6) is 0 Å². The van der Waals surface area contributed by atoms with Gasteiger partial charge in [0.05, 0.1) is 6.61 Å². The van der Waals surface area contributed by atoms with Crippen LogP contribution in [0.1, 0.15) is 61.5 Å². The number of aliphatic hydroxyl groups excluding tert-OH is 1. The Morgan fingerprint density at radius 1 is 1.22 bits per heavy atom. The van der Waals surface area contributed by atoms with E-state index in [2.05, 4.69) is 4.98 Å². The fraction of sp³-hybridized carbons (Fsp3) is 0.650. The summed E-state index contributed by atoms with van der Waals surface area (Å²) in [5.41, 5.74) is 0.707. The topological polar surface area (TPSA) is 93.7 Å². The van der Waals surface area contributed by atoms with Crippen molar-refractivity contribution in [2.45, 2.75) is 45.4 Å². The maximum Gasteiger partial charge on any atom is 0.261 e. The molecular weight excluding hydrogens is 346 g/mol. The molecule has 0 aliphatic carbocycles. The van der Waals surface area contributed by atoms with Crippen molar-refractivity contribution in [3.05, 3.63) is 33.7 Å². The molecule has 1 spiro atoms. The minimum atomic E-state index is -0.330. The van der Waals surface area contributed by atoms with Crippen molar-refractivity contribution in [1.82, 2.24) is 14.8 Å². The number of β-amino-alcohol motifs (C(OH)–C–C–N with tert-alkyl or cyclic N) is 1. The summed E-state index contributed by atoms with van der Waals surface area (Å²) in [5.74, 6) is 0.0815. The smallest absolute Gasteiger partial charge is 0.261 e. The number of amides is 2. The van der Waals surface area contributed by atoms with E-state index in [1.54, 1.807) is 15.9 Å². The van der Waals surface area contributed by atoms with Gasteiger partial charge in [-0.15, -0.1) is 0 Å². The van der Waals surface area contributed by atoms with Gasteiger partial charge in [-0.1, -0.05) is 13.8 Å². The standard InChI is InChI=1S/C20H29N3O4/c1-14(2)16-4-3-15(18(26)21-16)19(27)22-9-7-20(8-10-22)6-5-17(25)23(13-20)11-12-24/h3-4,14,24H,5-13H2,1-2H3,(H,21,26). The number of carbonyl (C=O) groups is 2. The van der Waals surface area contributed by atoms with Crippen molar-refractivity contribution < 1.29 is 14.7 Å². The first-order chi connectivity index (χ1) is 12.8. The van der Waals surface area contributed by atoms with Gasteiger partial charge in [0.2, 0.25) is 5.91 Å². The van der Waals surface area contributed by atoms with E-state index >= 15 is 0 Å². The van der Waals surface area contributed by atoms with Crippen LogP contribution in [0, 0.1) is 5.41 Å². The SMILES string of the molecule is CC(C)c1ccc(C(=O)N2CCC3(CCC(=O)N(CCO)C3)CC2)c(=O)[nH]1. The second kappa shape index (κ2) is 7.84. The molecule has 0 unspecified atom stereocenters. The second-order valence-electron chi connectivity index (χ2n) is 8.14. The first-order valence-corrected chi connectivity index (χ1v) is 9.76. The minimum absolute atomic E-state index is 0.0216. The van der Waals surface area contributed by atoms with E-state index in [-0.39, 0.29) is 40.9 Å². The van der Waals surface area contributed by atoms with E-state index in [0.29, 0.717) is 32.6 Å². The van der Waals surface area contributed by atoms with Gasteiger partial charge in [0.25, 0.3) is 11.5 Å². The average molecular weight is 375 g/mol. The Bertz CT molecular complexity index is 763. The van der Waals surface area contributed by atoms with Gasteiger partial charge in [0, 0.05) is 38.3 Å². The Hall–Kier alpha value is -2.15. The number of hydrogen-bond donors (Lipinski definition) is 2. The number of carbonyl (C=O) groups excluding carboxylic acids is 2. The third-order valence-corrected chi connectivity index (χ3v) is 6.01. The summed E-state index contributed by atoms with van der Waals surface area (Å²) in [6.07, 6.45) is 2.97. The fourth-order valence-corrected chi connectivity index (χ4v) is 4.18. The fourth-order valence-electron chi connectivity index (χ4n) is 4.18. The van der Waals surface area contributed by atoms with E-state index in [4.69, 9.17) is 5.11 Å². The van der Waals surface area contributed by atoms with Gasteiger partial charge < -0.3 is 19.9 Å². The summed E-state index contributed by atoms with van der Waals surface area (Å²) in [6, 6.07) is 3.44. The van der Waals surface area contributed by atoms with Crippen molar-refractivity contribution in [2.24, 2.45) is 5.41 Å². The van der Waals surface area contributed by atoms with E-state index < -0.39 is 0 Å². The number of hydrogen-bond acceptors (Lipinski definition) is 4. The molecule has 27 heavy (non-hydrogen) atoms. The summed E-state index contributed by atoms with van der Waals surface area (Å²) in [7, 11) is 0. The number of rotatable bonds is 4. The zero-order valence-corrected chi connectivity index (χ0v) is 16.2. The van der Waals surface area contributed by atoms with Crippen molar-refractivity contribution in [1.29, 1.82) is 0 Å². The monoisotopic (exact) mass is 375 g/mol. The zero-order chi connectivity index (χ0) is 19.6. The zero-order valence-electron chi connectivity index (χ0n) is 16.2. The summed E-state index contributed by atoms with van der Waals surface area (Å²) in [6.45, 7) is 6.16. The number of nitrogens with one attached hydrogen (secondary N) is 1. The molecule has 2 aliphatic rings. The summed E-state index contributed by atoms with van der Waals surface area (Å²) >= 11 is 0. The molecule has 7 nitrogen and oxygen atoms in total. The molecule has 0 aromatic carbocycles. The Labute approximate surface area is 159 Å². The molecule has 3 heterocycles. The van der Waals surface area contributed by atoms with Crippen LogP contribution in [-0.2, 0) is 4.79 Å². The van der Waals surface area contributed by atoms with Crippen molar-refractivity contribution in [3.8, 4) is 0 Å². The number of aromatic amines is 1. The number of pyridine rings is 1. The molecule has 2 aliphatic heterocycles. The Balaban J connectivity index is 1.66. The van der Waals surface area contributed by atoms with E-state index in [9.17, 15) is 14.4 Å². The highest BCUT2D eigenvalue weighted by molar-refractivity contribution is 5.94. The van der Waals surface area contributed by atoms with Gasteiger partial charge in [0.1, 0.15) is 5.56 Å². The molecule has 148 valence electrons. The van der Waals surface area contributed by atoms with Crippen LogP contribution in [0.2, 0.25) is 0 Å². The van der Waals surface area contributed by atoms with Gasteiger partial charge in [-0.05, 0) is 42.7 Å². The van der Waals surface area contributed by atoms with Crippen LogP contribution in [0.15, 0.2) is 16.9 Å². The van der Waals surface area contributed by atoms with Crippen LogP contribution in [-0.4, -0.2) is 64.5 Å². The number of piperidine rings is 2. The number of nitrogens with zero attached hydrogens (tertiary/aromatic N) is 2. The Morgan fingerprint density at radius 2 is 1.93 bits per heavy atom. The lowest BCUT2D eigenvalue weighted by Gasteiger charge is -2.47. The molecule has 2 amide bonds. The summed E-state index contributed by atoms with van der Waals surface area (Å²) < 4.78 is 0. The van der Waals surface area contributed by atoms with Gasteiger partial charge >= 0.3 is 0 Å². The minimum Gasteiger partial charge on any atom is -0.395 e. The third kappa shape index (κ3) is 4.08. The number of H-pyrrole nitrogens is 1. The predicted octanol–water partition coefficient (Wildman–Crippen LogP) is 1.34. The van der Waals surface area contributed by atoms with Crippen molar-refractivity contribution in [2.75, 3.05) is 32.8 Å². The van der Waals surface area contributed by atoms with Crippen molar-refractivity contribution in [3.63, 3.8) is 0 Å². The molecule has 1 aromatic rings. The average Bonchev–Trinajstić information content (AvgIpc) is 2.65. The van der Waals surface area contributed by atoms with Crippen LogP contribution in [0.4, 0.5) is 0 Å². The van der Waals surface area contributed by atoms with Crippen LogP contribution >= 0.6 is 0 Å². The van der Waals surface area contributed by atoms with E-state index in [0.717, 1.165) is 25.0 Å². The lowest BCUT2D eigenvalue weighted by Crippen LogP contribution is -2.53. The van der Waals surface area contributed by atoms with Gasteiger partial charge in [-0.25, -0.2) is 0 Å². The highest BCUT2D eigenvalue weighted by atomic mass is 16.3. The highest BCUT2D eigenvalue weighted by Crippen LogP contribution is 2.40. The van der Waals surface area contributed by atoms with Crippen LogP contribution in [0.25, 0.3) is 0 Å². The van der Waals surface area contributed by atoms with E-state index in [1.165, 1.54) is 0 Å². The first kappa shape index (κ1) is 19.6. The molecule has 3 rings (SSSR count). The number of aromatic nitrogens is 1. The van der Waals surface area contributed by atoms with Gasteiger partial charge in [-0.2, -0.15) is 0 Å². The quantitative estimate of drug-likeness (QED) is 0.830. The van der Waals surface area contributed by atoms with Crippen LogP contribution < -0.4 is 5.56 Å². The molecule has 7 heteroatoms. The summed E-state index contributed by atoms with van der Waals surface area (Å²) in [5, 5.41) is 9.16. The number of aliphatic hydroxyl groups is 1. The normalized spacial score (nSPS) is 19.8. The summed E-state index contributed by atoms with van der Waals surface area (Å²) in [4.78, 5) is 43.4. The largest absolute Gasteiger partial charge is 0.395 e. The molecule has 0 saturated carbocycles. The molecular formula is C20H29N3O4. The Kier molecular flexibility index (Phi) is 5.69. The number of likely N-dealkylation sites (tertiary alicyclic amines) is 2. The highest BCUT2D eigenvalue weighted by Gasteiger charge is 2.41. The third-order valence-electron chi connectivity index (χ3n) is 6.01. The molecule has 1 aromatic heterocycles. The molecule has 2 fully saturated rings. The maximum atomic E-state index is 12.8. The molecule has 0 atom stereocenters. The lowest BCUT2D eigenvalue weighted by atomic mass is 9.72. The Morgan fingerprint density at radius 3 is 2.52 bits per heavy atom. The first-order valence-electron chi connectivity index (χ1n) is 9.76. The lowest BCUT2D eigenvalue weighted by molar-refractivity contribution is -0.139. The molecule has 0 bridgehead atoms. The molecule has 0 radical (unpaired) electrons. The maximum absolute atomic E-state index is 12.8. The molecule has 2 saturated heterocycles. The van der Waals surface area contributed by atoms with E-state index in [1.807, 2.05) is 19.9 Å². The predicted molar refractivity (Wildman–Crippen MR) is 102 cm³/mol. The van der Waals surface area contributed by atoms with Gasteiger partial charge in [0.15, 0.2) is 0 Å². The molecule has 2 N–H and O–H groups in total.